The second-order valence-electron chi connectivity index (χ2n) is 4.54. The first-order chi connectivity index (χ1) is 10.1. The van der Waals surface area contributed by atoms with E-state index in [1.807, 2.05) is 6.07 Å². The van der Waals surface area contributed by atoms with E-state index in [4.69, 9.17) is 32.7 Å². The fourth-order valence-corrected chi connectivity index (χ4v) is 2.92. The van der Waals surface area contributed by atoms with E-state index in [0.717, 1.165) is 28.6 Å². The lowest BCUT2D eigenvalue weighted by Gasteiger charge is -2.09. The first kappa shape index (κ1) is 14.9. The summed E-state index contributed by atoms with van der Waals surface area (Å²) < 4.78 is 11.4. The maximum Gasteiger partial charge on any atom is 0.231 e. The zero-order valence-corrected chi connectivity index (χ0v) is 14.2. The largest absolute Gasteiger partial charge is 0.454 e. The minimum atomic E-state index is 0.168. The standard InChI is InChI=1S/C14H11BrCl2N2O2/c1-2-3-9-11(15)13(17)19-14(18-9)7-4-8(16)12-10(5-7)20-6-21-12/h4-5H,2-3,6H2,1H3. The van der Waals surface area contributed by atoms with Crippen molar-refractivity contribution in [1.82, 2.24) is 9.97 Å². The van der Waals surface area contributed by atoms with Crippen LogP contribution >= 0.6 is 39.1 Å². The van der Waals surface area contributed by atoms with Crippen LogP contribution in [0.5, 0.6) is 11.5 Å². The molecule has 3 rings (SSSR count). The maximum absolute atomic E-state index is 6.19. The van der Waals surface area contributed by atoms with Crippen LogP contribution in [0.15, 0.2) is 16.6 Å². The molecule has 7 heteroatoms. The summed E-state index contributed by atoms with van der Waals surface area (Å²) in [6, 6.07) is 3.56. The molecule has 0 N–H and O–H groups in total. The Kier molecular flexibility index (Phi) is 4.24. The second-order valence-corrected chi connectivity index (χ2v) is 6.10. The molecule has 0 unspecified atom stereocenters. The van der Waals surface area contributed by atoms with Gasteiger partial charge in [-0.15, -0.1) is 0 Å². The quantitative estimate of drug-likeness (QED) is 0.700. The normalized spacial score (nSPS) is 12.8. The van der Waals surface area contributed by atoms with E-state index in [2.05, 4.69) is 32.8 Å². The molecule has 1 aliphatic heterocycles. The number of halogens is 3. The Bertz CT molecular complexity index is 710. The van der Waals surface area contributed by atoms with Crippen molar-refractivity contribution < 1.29 is 9.47 Å². The molecule has 0 fully saturated rings. The van der Waals surface area contributed by atoms with Crippen LogP contribution in [-0.4, -0.2) is 16.8 Å². The monoisotopic (exact) mass is 388 g/mol. The van der Waals surface area contributed by atoms with Gasteiger partial charge in [0.15, 0.2) is 17.3 Å². The average Bonchev–Trinajstić information content (AvgIpc) is 2.92. The van der Waals surface area contributed by atoms with E-state index >= 15 is 0 Å². The van der Waals surface area contributed by atoms with Crippen molar-refractivity contribution in [3.05, 3.63) is 32.5 Å². The van der Waals surface area contributed by atoms with Crippen molar-refractivity contribution in [2.45, 2.75) is 19.8 Å². The van der Waals surface area contributed by atoms with Gasteiger partial charge in [0, 0.05) is 5.56 Å². The number of rotatable bonds is 3. The lowest BCUT2D eigenvalue weighted by molar-refractivity contribution is 0.174. The van der Waals surface area contributed by atoms with Crippen molar-refractivity contribution in [3.8, 4) is 22.9 Å². The van der Waals surface area contributed by atoms with E-state index in [1.54, 1.807) is 6.07 Å². The third-order valence-corrected chi connectivity index (χ3v) is 4.67. The molecule has 110 valence electrons. The van der Waals surface area contributed by atoms with Crippen molar-refractivity contribution >= 4 is 39.1 Å². The molecule has 0 atom stereocenters. The number of benzene rings is 1. The Morgan fingerprint density at radius 3 is 2.81 bits per heavy atom. The van der Waals surface area contributed by atoms with Crippen LogP contribution in [0, 0.1) is 0 Å². The molecule has 0 aliphatic carbocycles. The molecule has 4 nitrogen and oxygen atoms in total. The van der Waals surface area contributed by atoms with Crippen LogP contribution in [-0.2, 0) is 6.42 Å². The lowest BCUT2D eigenvalue weighted by Crippen LogP contribution is -1.98. The molecule has 1 aromatic heterocycles. The number of aryl methyl sites for hydroxylation is 1. The van der Waals surface area contributed by atoms with Crippen LogP contribution in [0.25, 0.3) is 11.4 Å². The predicted molar refractivity (Wildman–Crippen MR) is 85.3 cm³/mol. The molecule has 2 aromatic rings. The van der Waals surface area contributed by atoms with Crippen LogP contribution in [0.1, 0.15) is 19.0 Å². The highest BCUT2D eigenvalue weighted by Crippen LogP contribution is 2.42. The summed E-state index contributed by atoms with van der Waals surface area (Å²) in [5, 5.41) is 0.858. The van der Waals surface area contributed by atoms with Crippen LogP contribution in [0.3, 0.4) is 0 Å². The predicted octanol–water partition coefficient (Wildman–Crippen LogP) is 4.89. The van der Waals surface area contributed by atoms with Crippen LogP contribution < -0.4 is 9.47 Å². The van der Waals surface area contributed by atoms with Gasteiger partial charge < -0.3 is 9.47 Å². The first-order valence-electron chi connectivity index (χ1n) is 6.41. The van der Waals surface area contributed by atoms with Gasteiger partial charge in [0.1, 0.15) is 5.15 Å². The van der Waals surface area contributed by atoms with Gasteiger partial charge in [-0.3, -0.25) is 0 Å². The SMILES string of the molecule is CCCc1nc(-c2cc(Cl)c3c(c2)OCO3)nc(Cl)c1Br. The summed E-state index contributed by atoms with van der Waals surface area (Å²) in [4.78, 5) is 8.87. The van der Waals surface area contributed by atoms with Gasteiger partial charge >= 0.3 is 0 Å². The van der Waals surface area contributed by atoms with Gasteiger partial charge in [-0.25, -0.2) is 9.97 Å². The van der Waals surface area contributed by atoms with Crippen molar-refractivity contribution in [2.75, 3.05) is 6.79 Å². The number of ether oxygens (including phenoxy) is 2. The Balaban J connectivity index is 2.10. The van der Waals surface area contributed by atoms with Gasteiger partial charge in [0.25, 0.3) is 0 Å². The summed E-state index contributed by atoms with van der Waals surface area (Å²) in [5.41, 5.74) is 1.62. The zero-order chi connectivity index (χ0) is 15.0. The molecular weight excluding hydrogens is 379 g/mol. The summed E-state index contributed by atoms with van der Waals surface area (Å²) in [7, 11) is 0. The third-order valence-electron chi connectivity index (χ3n) is 3.05. The molecule has 0 bridgehead atoms. The highest BCUT2D eigenvalue weighted by atomic mass is 79.9. The van der Waals surface area contributed by atoms with E-state index in [-0.39, 0.29) is 6.79 Å². The second kappa shape index (κ2) is 5.99. The van der Waals surface area contributed by atoms with Crippen LogP contribution in [0.4, 0.5) is 0 Å². The van der Waals surface area contributed by atoms with Gasteiger partial charge in [-0.05, 0) is 34.5 Å². The highest BCUT2D eigenvalue weighted by molar-refractivity contribution is 9.10. The van der Waals surface area contributed by atoms with E-state index in [1.165, 1.54) is 0 Å². The molecule has 2 heterocycles. The average molecular weight is 390 g/mol. The fourth-order valence-electron chi connectivity index (χ4n) is 2.09. The van der Waals surface area contributed by atoms with E-state index < -0.39 is 0 Å². The van der Waals surface area contributed by atoms with Gasteiger partial charge in [-0.1, -0.05) is 36.5 Å². The van der Waals surface area contributed by atoms with Gasteiger partial charge in [0.2, 0.25) is 6.79 Å². The maximum atomic E-state index is 6.19. The molecule has 1 aliphatic rings. The zero-order valence-electron chi connectivity index (χ0n) is 11.1. The Labute approximate surface area is 140 Å². The van der Waals surface area contributed by atoms with Gasteiger partial charge in [-0.2, -0.15) is 0 Å². The van der Waals surface area contributed by atoms with Gasteiger partial charge in [0.05, 0.1) is 15.2 Å². The smallest absolute Gasteiger partial charge is 0.231 e. The highest BCUT2D eigenvalue weighted by Gasteiger charge is 2.20. The summed E-state index contributed by atoms with van der Waals surface area (Å²) >= 11 is 15.8. The molecule has 0 amide bonds. The Morgan fingerprint density at radius 1 is 1.24 bits per heavy atom. The summed E-state index contributed by atoms with van der Waals surface area (Å²) in [6.07, 6.45) is 1.78. The number of hydrogen-bond donors (Lipinski definition) is 0. The summed E-state index contributed by atoms with van der Waals surface area (Å²) in [5.74, 6) is 1.67. The molecule has 0 spiro atoms. The fraction of sp³-hybridized carbons (Fsp3) is 0.286. The molecule has 21 heavy (non-hydrogen) atoms. The number of hydrogen-bond acceptors (Lipinski definition) is 4. The first-order valence-corrected chi connectivity index (χ1v) is 7.96. The number of aromatic nitrogens is 2. The number of nitrogens with zero attached hydrogens (tertiary/aromatic N) is 2. The minimum Gasteiger partial charge on any atom is -0.454 e. The summed E-state index contributed by atoms with van der Waals surface area (Å²) in [6.45, 7) is 2.25. The van der Waals surface area contributed by atoms with E-state index in [0.29, 0.717) is 27.5 Å². The molecular formula is C14H11BrCl2N2O2. The minimum absolute atomic E-state index is 0.168. The van der Waals surface area contributed by atoms with Crippen molar-refractivity contribution in [2.24, 2.45) is 0 Å². The third kappa shape index (κ3) is 2.82. The number of fused-ring (bicyclic) bond motifs is 1. The lowest BCUT2D eigenvalue weighted by atomic mass is 10.1. The van der Waals surface area contributed by atoms with Crippen LogP contribution in [0.2, 0.25) is 10.2 Å². The van der Waals surface area contributed by atoms with Crippen molar-refractivity contribution in [1.29, 1.82) is 0 Å². The molecule has 0 radical (unpaired) electrons. The molecule has 0 saturated heterocycles. The Hall–Kier alpha value is -1.04. The van der Waals surface area contributed by atoms with E-state index in [9.17, 15) is 0 Å². The topological polar surface area (TPSA) is 44.2 Å². The Morgan fingerprint density at radius 2 is 2.05 bits per heavy atom. The van der Waals surface area contributed by atoms with Crippen molar-refractivity contribution in [3.63, 3.8) is 0 Å². The molecule has 1 aromatic carbocycles. The molecule has 0 saturated carbocycles.